The van der Waals surface area contributed by atoms with Crippen molar-refractivity contribution >= 4 is 10.0 Å². The van der Waals surface area contributed by atoms with E-state index in [9.17, 15) is 8.42 Å². The number of benzene rings is 2. The fourth-order valence-corrected chi connectivity index (χ4v) is 4.69. The average molecular weight is 391 g/mol. The van der Waals surface area contributed by atoms with E-state index in [-0.39, 0.29) is 17.2 Å². The molecule has 1 N–H and O–H groups in total. The summed E-state index contributed by atoms with van der Waals surface area (Å²) < 4.78 is 50.4. The van der Waals surface area contributed by atoms with Crippen molar-refractivity contribution in [1.82, 2.24) is 4.72 Å². The number of nitrogens with one attached hydrogen (secondary N) is 1. The number of hydrogen-bond acceptors (Lipinski definition) is 6. The van der Waals surface area contributed by atoms with E-state index in [0.717, 1.165) is 41.0 Å². The second-order valence-corrected chi connectivity index (χ2v) is 8.09. The normalized spacial score (nSPS) is 14.9. The van der Waals surface area contributed by atoms with Gasteiger partial charge in [-0.3, -0.25) is 0 Å². The summed E-state index contributed by atoms with van der Waals surface area (Å²) in [5.41, 5.74) is 2.92. The lowest BCUT2D eigenvalue weighted by atomic mass is 10.00. The molecular weight excluding hydrogens is 370 g/mol. The van der Waals surface area contributed by atoms with E-state index in [1.807, 2.05) is 6.07 Å². The second-order valence-electron chi connectivity index (χ2n) is 6.36. The van der Waals surface area contributed by atoms with Crippen LogP contribution in [0.5, 0.6) is 23.0 Å². The van der Waals surface area contributed by atoms with Crippen LogP contribution in [0.25, 0.3) is 0 Å². The zero-order valence-corrected chi connectivity index (χ0v) is 16.0. The molecule has 0 fully saturated rings. The Labute approximate surface area is 158 Å². The Hall–Kier alpha value is -2.45. The number of methoxy groups -OCH3 is 2. The van der Waals surface area contributed by atoms with Gasteiger partial charge in [0.15, 0.2) is 0 Å². The maximum absolute atomic E-state index is 12.9. The van der Waals surface area contributed by atoms with Crippen LogP contribution in [0.1, 0.15) is 16.7 Å². The first kappa shape index (κ1) is 17.9. The summed E-state index contributed by atoms with van der Waals surface area (Å²) in [7, 11) is -0.901. The van der Waals surface area contributed by atoms with Crippen LogP contribution in [-0.2, 0) is 29.4 Å². The van der Waals surface area contributed by atoms with E-state index >= 15 is 0 Å². The van der Waals surface area contributed by atoms with Gasteiger partial charge in [0.25, 0.3) is 0 Å². The van der Waals surface area contributed by atoms with Gasteiger partial charge in [-0.2, -0.15) is 0 Å². The Morgan fingerprint density at radius 1 is 1.07 bits per heavy atom. The highest BCUT2D eigenvalue weighted by Crippen LogP contribution is 2.40. The monoisotopic (exact) mass is 391 g/mol. The quantitative estimate of drug-likeness (QED) is 0.812. The predicted molar refractivity (Wildman–Crippen MR) is 98.4 cm³/mol. The average Bonchev–Trinajstić information content (AvgIpc) is 3.33. The number of ether oxygens (including phenoxy) is 4. The highest BCUT2D eigenvalue weighted by molar-refractivity contribution is 7.89. The summed E-state index contributed by atoms with van der Waals surface area (Å²) in [5, 5.41) is 0. The van der Waals surface area contributed by atoms with E-state index in [1.54, 1.807) is 12.1 Å². The molecule has 144 valence electrons. The number of fused-ring (bicyclic) bond motifs is 2. The third-order valence-corrected chi connectivity index (χ3v) is 6.28. The van der Waals surface area contributed by atoms with Crippen molar-refractivity contribution in [3.63, 3.8) is 0 Å². The van der Waals surface area contributed by atoms with Crippen LogP contribution in [0, 0.1) is 0 Å². The van der Waals surface area contributed by atoms with Crippen LogP contribution in [0.3, 0.4) is 0 Å². The van der Waals surface area contributed by atoms with Gasteiger partial charge in [-0.15, -0.1) is 0 Å². The van der Waals surface area contributed by atoms with E-state index in [2.05, 4.69) is 4.72 Å². The highest BCUT2D eigenvalue weighted by atomic mass is 32.2. The first-order valence-corrected chi connectivity index (χ1v) is 10.2. The summed E-state index contributed by atoms with van der Waals surface area (Å²) in [6.45, 7) is 1.32. The summed E-state index contributed by atoms with van der Waals surface area (Å²) in [6.07, 6.45) is 1.54. The van der Waals surface area contributed by atoms with Gasteiger partial charge in [-0.1, -0.05) is 0 Å². The maximum atomic E-state index is 12.9. The van der Waals surface area contributed by atoms with E-state index in [0.29, 0.717) is 19.0 Å². The molecule has 2 heterocycles. The molecule has 27 heavy (non-hydrogen) atoms. The van der Waals surface area contributed by atoms with Crippen LogP contribution >= 0.6 is 0 Å². The first-order chi connectivity index (χ1) is 13.0. The number of hydrogen-bond donors (Lipinski definition) is 1. The number of sulfonamides is 1. The lowest BCUT2D eigenvalue weighted by Gasteiger charge is -2.15. The predicted octanol–water partition coefficient (Wildman–Crippen LogP) is 2.05. The Morgan fingerprint density at radius 2 is 1.89 bits per heavy atom. The molecule has 0 aliphatic carbocycles. The molecule has 7 nitrogen and oxygen atoms in total. The third-order valence-electron chi connectivity index (χ3n) is 4.86. The van der Waals surface area contributed by atoms with Crippen molar-refractivity contribution in [2.24, 2.45) is 0 Å². The topological polar surface area (TPSA) is 83.1 Å². The van der Waals surface area contributed by atoms with E-state index in [1.165, 1.54) is 20.3 Å². The Balaban J connectivity index is 1.67. The van der Waals surface area contributed by atoms with Crippen LogP contribution < -0.4 is 23.7 Å². The van der Waals surface area contributed by atoms with Crippen molar-refractivity contribution < 1.29 is 27.4 Å². The highest BCUT2D eigenvalue weighted by Gasteiger charge is 2.28. The maximum Gasteiger partial charge on any atom is 0.244 e. The minimum Gasteiger partial charge on any atom is -0.497 e. The minimum atomic E-state index is -3.82. The molecule has 2 aromatic carbocycles. The lowest BCUT2D eigenvalue weighted by Crippen LogP contribution is -2.24. The molecule has 0 spiro atoms. The van der Waals surface area contributed by atoms with E-state index in [4.69, 9.17) is 18.9 Å². The van der Waals surface area contributed by atoms with Crippen LogP contribution in [0.15, 0.2) is 29.2 Å². The van der Waals surface area contributed by atoms with Crippen molar-refractivity contribution in [3.05, 3.63) is 41.0 Å². The molecule has 0 unspecified atom stereocenters. The molecule has 2 aliphatic rings. The largest absolute Gasteiger partial charge is 0.497 e. The minimum absolute atomic E-state index is 0.0331. The molecule has 0 amide bonds. The second kappa shape index (κ2) is 6.94. The van der Waals surface area contributed by atoms with Crippen molar-refractivity contribution in [2.45, 2.75) is 24.3 Å². The van der Waals surface area contributed by atoms with Crippen LogP contribution in [0.2, 0.25) is 0 Å². The molecule has 8 heteroatoms. The van der Waals surface area contributed by atoms with Gasteiger partial charge in [0.1, 0.15) is 27.9 Å². The van der Waals surface area contributed by atoms with Crippen LogP contribution in [-0.4, -0.2) is 35.9 Å². The molecule has 0 saturated heterocycles. The third kappa shape index (κ3) is 3.19. The van der Waals surface area contributed by atoms with Crippen LogP contribution in [0.4, 0.5) is 0 Å². The van der Waals surface area contributed by atoms with Gasteiger partial charge < -0.3 is 18.9 Å². The molecule has 2 aliphatic heterocycles. The van der Waals surface area contributed by atoms with Crippen molar-refractivity contribution in [1.29, 1.82) is 0 Å². The molecule has 4 rings (SSSR count). The lowest BCUT2D eigenvalue weighted by molar-refractivity contribution is 0.352. The zero-order chi connectivity index (χ0) is 19.0. The molecule has 0 atom stereocenters. The van der Waals surface area contributed by atoms with Gasteiger partial charge in [-0.25, -0.2) is 13.1 Å². The summed E-state index contributed by atoms with van der Waals surface area (Å²) in [6, 6.07) is 6.68. The summed E-state index contributed by atoms with van der Waals surface area (Å²) in [4.78, 5) is 0.0331. The SMILES string of the molecule is COc1ccc(OC)c(S(=O)(=O)NCc2c3c(cc4c2OCC4)OCC3)c1. The fourth-order valence-electron chi connectivity index (χ4n) is 3.51. The Bertz CT molecular complexity index is 954. The smallest absolute Gasteiger partial charge is 0.244 e. The standard InChI is InChI=1S/C19H21NO6S/c1-23-13-3-4-16(24-2)18(10-13)27(21,22)20-11-15-14-6-8-25-17(14)9-12-5-7-26-19(12)15/h3-4,9-10,20H,5-8,11H2,1-2H3. The first-order valence-electron chi connectivity index (χ1n) is 8.68. The molecule has 0 bridgehead atoms. The number of rotatable bonds is 6. The van der Waals surface area contributed by atoms with Gasteiger partial charge in [0, 0.05) is 42.1 Å². The zero-order valence-electron chi connectivity index (χ0n) is 15.2. The molecule has 0 radical (unpaired) electrons. The molecule has 0 saturated carbocycles. The molecular formula is C19H21NO6S. The Kier molecular flexibility index (Phi) is 4.61. The Morgan fingerprint density at radius 3 is 2.67 bits per heavy atom. The van der Waals surface area contributed by atoms with Gasteiger partial charge in [0.05, 0.1) is 27.4 Å². The van der Waals surface area contributed by atoms with Gasteiger partial charge in [-0.05, 0) is 18.2 Å². The molecule has 0 aromatic heterocycles. The van der Waals surface area contributed by atoms with E-state index < -0.39 is 10.0 Å². The van der Waals surface area contributed by atoms with Crippen molar-refractivity contribution in [3.8, 4) is 23.0 Å². The van der Waals surface area contributed by atoms with Gasteiger partial charge in [0.2, 0.25) is 10.0 Å². The van der Waals surface area contributed by atoms with Crippen molar-refractivity contribution in [2.75, 3.05) is 27.4 Å². The summed E-state index contributed by atoms with van der Waals surface area (Å²) >= 11 is 0. The molecule has 2 aromatic rings. The fraction of sp³-hybridized carbons (Fsp3) is 0.368. The van der Waals surface area contributed by atoms with Gasteiger partial charge >= 0.3 is 0 Å². The summed E-state index contributed by atoms with van der Waals surface area (Å²) in [5.74, 6) is 2.30.